The second-order valence-corrected chi connectivity index (χ2v) is 8.92. The molecule has 1 saturated heterocycles. The first kappa shape index (κ1) is 16.7. The summed E-state index contributed by atoms with van der Waals surface area (Å²) in [4.78, 5) is 0. The van der Waals surface area contributed by atoms with E-state index in [4.69, 9.17) is 4.55 Å². The standard InChI is InChI=1S/C9H17F2NO5S2/c1-8(2,19(15,16)17)9(10,11)18(13,14)12-6-4-3-5-7-12/h3-7H2,1-2H3,(H,15,16,17). The smallest absolute Gasteiger partial charge is 0.285 e. The van der Waals surface area contributed by atoms with Crippen molar-refractivity contribution in [3.8, 4) is 0 Å². The Morgan fingerprint density at radius 1 is 1.00 bits per heavy atom. The van der Waals surface area contributed by atoms with Crippen LogP contribution in [0.2, 0.25) is 0 Å². The van der Waals surface area contributed by atoms with Crippen molar-refractivity contribution in [2.75, 3.05) is 13.1 Å². The van der Waals surface area contributed by atoms with Crippen molar-refractivity contribution in [2.45, 2.75) is 43.1 Å². The molecule has 1 N–H and O–H groups in total. The van der Waals surface area contributed by atoms with Gasteiger partial charge in [0.25, 0.3) is 20.1 Å². The highest BCUT2D eigenvalue weighted by atomic mass is 32.2. The van der Waals surface area contributed by atoms with Gasteiger partial charge < -0.3 is 0 Å². The van der Waals surface area contributed by atoms with Crippen LogP contribution in [0.3, 0.4) is 0 Å². The van der Waals surface area contributed by atoms with Crippen LogP contribution in [0, 0.1) is 0 Å². The molecule has 0 aromatic heterocycles. The van der Waals surface area contributed by atoms with Crippen molar-refractivity contribution >= 4 is 20.1 Å². The van der Waals surface area contributed by atoms with Crippen LogP contribution >= 0.6 is 0 Å². The molecule has 1 rings (SSSR count). The Hall–Kier alpha value is -0.320. The zero-order valence-corrected chi connectivity index (χ0v) is 12.3. The number of piperidine rings is 1. The third-order valence-corrected chi connectivity index (χ3v) is 7.20. The van der Waals surface area contributed by atoms with Crippen molar-refractivity contribution in [1.29, 1.82) is 0 Å². The van der Waals surface area contributed by atoms with E-state index in [1.54, 1.807) is 0 Å². The Labute approximate surface area is 111 Å². The zero-order chi connectivity index (χ0) is 15.1. The molecule has 1 heterocycles. The molecule has 0 saturated carbocycles. The van der Waals surface area contributed by atoms with Crippen LogP contribution in [0.4, 0.5) is 8.78 Å². The Bertz CT molecular complexity index is 535. The van der Waals surface area contributed by atoms with Gasteiger partial charge in [-0.15, -0.1) is 0 Å². The highest BCUT2D eigenvalue weighted by Gasteiger charge is 2.65. The Morgan fingerprint density at radius 2 is 1.42 bits per heavy atom. The van der Waals surface area contributed by atoms with Crippen molar-refractivity contribution in [3.05, 3.63) is 0 Å². The minimum Gasteiger partial charge on any atom is -0.285 e. The molecule has 1 aliphatic heterocycles. The van der Waals surface area contributed by atoms with Gasteiger partial charge in [0.05, 0.1) is 0 Å². The van der Waals surface area contributed by atoms with E-state index in [-0.39, 0.29) is 13.1 Å². The summed E-state index contributed by atoms with van der Waals surface area (Å²) in [5.41, 5.74) is 0. The van der Waals surface area contributed by atoms with Crippen molar-refractivity contribution in [2.24, 2.45) is 0 Å². The maximum Gasteiger partial charge on any atom is 0.380 e. The predicted octanol–water partition coefficient (Wildman–Crippen LogP) is 1.06. The molecule has 0 spiro atoms. The lowest BCUT2D eigenvalue weighted by Gasteiger charge is -2.35. The first-order chi connectivity index (χ1) is 8.36. The first-order valence-corrected chi connectivity index (χ1v) is 8.58. The normalized spacial score (nSPS) is 20.5. The van der Waals surface area contributed by atoms with Gasteiger partial charge in [-0.2, -0.15) is 21.5 Å². The second kappa shape index (κ2) is 4.90. The van der Waals surface area contributed by atoms with E-state index in [1.807, 2.05) is 0 Å². The molecule has 6 nitrogen and oxygen atoms in total. The largest absolute Gasteiger partial charge is 0.380 e. The molecule has 0 radical (unpaired) electrons. The van der Waals surface area contributed by atoms with Crippen LogP contribution in [0.5, 0.6) is 0 Å². The van der Waals surface area contributed by atoms with Gasteiger partial charge in [0.15, 0.2) is 4.75 Å². The average molecular weight is 321 g/mol. The average Bonchev–Trinajstić information content (AvgIpc) is 2.28. The molecule has 0 aromatic rings. The number of hydrogen-bond acceptors (Lipinski definition) is 4. The van der Waals surface area contributed by atoms with E-state index in [0.717, 1.165) is 6.42 Å². The highest BCUT2D eigenvalue weighted by molar-refractivity contribution is 7.93. The number of alkyl halides is 2. The summed E-state index contributed by atoms with van der Waals surface area (Å²) < 4.78 is 80.4. The summed E-state index contributed by atoms with van der Waals surface area (Å²) in [6, 6.07) is 0. The van der Waals surface area contributed by atoms with Gasteiger partial charge in [-0.3, -0.25) is 4.55 Å². The van der Waals surface area contributed by atoms with E-state index < -0.39 is 30.1 Å². The van der Waals surface area contributed by atoms with Gasteiger partial charge in [-0.05, 0) is 26.7 Å². The predicted molar refractivity (Wildman–Crippen MR) is 64.9 cm³/mol. The first-order valence-electron chi connectivity index (χ1n) is 5.70. The SMILES string of the molecule is CC(C)(C(F)(F)S(=O)(=O)N1CCCCC1)S(=O)(=O)O. The minimum absolute atomic E-state index is 0.0700. The monoisotopic (exact) mass is 321 g/mol. The lowest BCUT2D eigenvalue weighted by Crippen LogP contribution is -2.58. The minimum atomic E-state index is -5.24. The van der Waals surface area contributed by atoms with Crippen molar-refractivity contribution in [3.63, 3.8) is 0 Å². The topological polar surface area (TPSA) is 91.8 Å². The van der Waals surface area contributed by atoms with E-state index in [1.165, 1.54) is 0 Å². The van der Waals surface area contributed by atoms with Crippen LogP contribution in [0.1, 0.15) is 33.1 Å². The fourth-order valence-electron chi connectivity index (χ4n) is 1.73. The number of rotatable bonds is 4. The molecule has 0 amide bonds. The summed E-state index contributed by atoms with van der Waals surface area (Å²) in [6.07, 6.45) is 1.63. The van der Waals surface area contributed by atoms with Crippen LogP contribution in [-0.2, 0) is 20.1 Å². The second-order valence-electron chi connectivity index (χ2n) is 4.97. The summed E-state index contributed by atoms with van der Waals surface area (Å²) >= 11 is 0. The van der Waals surface area contributed by atoms with E-state index in [2.05, 4.69) is 0 Å². The highest BCUT2D eigenvalue weighted by Crippen LogP contribution is 2.41. The molecule has 19 heavy (non-hydrogen) atoms. The summed E-state index contributed by atoms with van der Waals surface area (Å²) in [7, 11) is -10.4. The molecular formula is C9H17F2NO5S2. The van der Waals surface area contributed by atoms with E-state index in [0.29, 0.717) is 31.0 Å². The Balaban J connectivity index is 3.25. The molecule has 0 aromatic carbocycles. The van der Waals surface area contributed by atoms with Gasteiger partial charge in [0, 0.05) is 13.1 Å². The molecule has 0 bridgehead atoms. The summed E-state index contributed by atoms with van der Waals surface area (Å²) in [5, 5.41) is -4.61. The summed E-state index contributed by atoms with van der Waals surface area (Å²) in [6.45, 7) is 0.840. The molecule has 1 aliphatic rings. The van der Waals surface area contributed by atoms with Crippen LogP contribution in [0.25, 0.3) is 0 Å². The van der Waals surface area contributed by atoms with E-state index in [9.17, 15) is 25.6 Å². The number of sulfonamides is 1. The fraction of sp³-hybridized carbons (Fsp3) is 1.00. The van der Waals surface area contributed by atoms with E-state index >= 15 is 0 Å². The zero-order valence-electron chi connectivity index (χ0n) is 10.6. The number of hydrogen-bond donors (Lipinski definition) is 1. The Morgan fingerprint density at radius 3 is 1.79 bits per heavy atom. The maximum absolute atomic E-state index is 14.1. The molecule has 0 atom stereocenters. The van der Waals surface area contributed by atoms with Crippen molar-refractivity contribution in [1.82, 2.24) is 4.31 Å². The number of halogens is 2. The fourth-order valence-corrected chi connectivity index (χ4v) is 4.34. The van der Waals surface area contributed by atoms with Gasteiger partial charge >= 0.3 is 5.25 Å². The van der Waals surface area contributed by atoms with Crippen LogP contribution < -0.4 is 0 Å². The quantitative estimate of drug-likeness (QED) is 0.782. The van der Waals surface area contributed by atoms with Gasteiger partial charge in [-0.1, -0.05) is 6.42 Å². The van der Waals surface area contributed by atoms with Gasteiger partial charge in [0.2, 0.25) is 0 Å². The molecule has 0 unspecified atom stereocenters. The number of nitrogens with zero attached hydrogens (tertiary/aromatic N) is 1. The van der Waals surface area contributed by atoms with Crippen LogP contribution in [-0.4, -0.2) is 48.8 Å². The Kier molecular flexibility index (Phi) is 4.32. The third-order valence-electron chi connectivity index (χ3n) is 3.32. The third kappa shape index (κ3) is 2.63. The molecule has 0 aliphatic carbocycles. The van der Waals surface area contributed by atoms with Crippen molar-refractivity contribution < 1.29 is 30.2 Å². The molecular weight excluding hydrogens is 304 g/mol. The summed E-state index contributed by atoms with van der Waals surface area (Å²) in [5.74, 6) is 0. The lowest BCUT2D eigenvalue weighted by molar-refractivity contribution is 0.0438. The molecule has 114 valence electrons. The molecule has 1 fully saturated rings. The lowest BCUT2D eigenvalue weighted by atomic mass is 10.2. The van der Waals surface area contributed by atoms with Gasteiger partial charge in [0.1, 0.15) is 0 Å². The maximum atomic E-state index is 14.1. The van der Waals surface area contributed by atoms with Gasteiger partial charge in [-0.25, -0.2) is 8.42 Å². The van der Waals surface area contributed by atoms with Crippen LogP contribution in [0.15, 0.2) is 0 Å². The molecule has 10 heteroatoms.